The monoisotopic (exact) mass is 406 g/mol. The molecule has 0 bridgehead atoms. The Bertz CT molecular complexity index is 1240. The van der Waals surface area contributed by atoms with E-state index < -0.39 is 11.6 Å². The average molecular weight is 406 g/mol. The SMILES string of the molecule is Fc1ccc(OC2CC=C(c3nc4ccncc4nc3-c3ncco3)CC2)c(F)c1. The van der Waals surface area contributed by atoms with Gasteiger partial charge in [0.05, 0.1) is 23.6 Å². The molecule has 150 valence electrons. The summed E-state index contributed by atoms with van der Waals surface area (Å²) in [5.74, 6) is -0.896. The molecule has 4 aromatic rings. The smallest absolute Gasteiger partial charge is 0.247 e. The van der Waals surface area contributed by atoms with Gasteiger partial charge in [-0.15, -0.1) is 0 Å². The number of ether oxygens (including phenoxy) is 1. The number of fused-ring (bicyclic) bond motifs is 1. The molecule has 1 aliphatic rings. The molecule has 3 aromatic heterocycles. The van der Waals surface area contributed by atoms with Gasteiger partial charge in [-0.1, -0.05) is 6.08 Å². The van der Waals surface area contributed by atoms with E-state index in [2.05, 4.69) is 15.0 Å². The zero-order valence-corrected chi connectivity index (χ0v) is 15.8. The molecule has 8 heteroatoms. The molecular formula is C22H16F2N4O2. The number of aromatic nitrogens is 4. The third-order valence-corrected chi connectivity index (χ3v) is 4.96. The molecular weight excluding hydrogens is 390 g/mol. The Labute approximate surface area is 170 Å². The van der Waals surface area contributed by atoms with E-state index >= 15 is 0 Å². The van der Waals surface area contributed by atoms with Crippen molar-refractivity contribution in [3.05, 3.63) is 72.5 Å². The Morgan fingerprint density at radius 1 is 1.03 bits per heavy atom. The number of oxazole rings is 1. The fraction of sp³-hybridized carbons (Fsp3) is 0.182. The molecule has 6 nitrogen and oxygen atoms in total. The molecule has 30 heavy (non-hydrogen) atoms. The molecule has 1 aromatic carbocycles. The Kier molecular flexibility index (Phi) is 4.66. The standard InChI is InChI=1S/C22H16F2N4O2/c23-14-3-6-19(16(24)11-14)30-15-4-1-13(2-5-15)20-21(22-26-9-10-29-22)28-18-12-25-8-7-17(18)27-20/h1,3,6-12,15H,2,4-5H2. The van der Waals surface area contributed by atoms with Crippen molar-refractivity contribution in [3.8, 4) is 17.3 Å². The van der Waals surface area contributed by atoms with Crippen LogP contribution in [-0.4, -0.2) is 26.0 Å². The fourth-order valence-electron chi connectivity index (χ4n) is 3.50. The number of hydrogen-bond acceptors (Lipinski definition) is 6. The summed E-state index contributed by atoms with van der Waals surface area (Å²) >= 11 is 0. The Morgan fingerprint density at radius 2 is 1.93 bits per heavy atom. The van der Waals surface area contributed by atoms with Crippen LogP contribution in [0.4, 0.5) is 8.78 Å². The van der Waals surface area contributed by atoms with Crippen LogP contribution >= 0.6 is 0 Å². The summed E-state index contributed by atoms with van der Waals surface area (Å²) in [5.41, 5.74) is 3.62. The Morgan fingerprint density at radius 3 is 2.70 bits per heavy atom. The lowest BCUT2D eigenvalue weighted by atomic mass is 9.93. The van der Waals surface area contributed by atoms with Crippen LogP contribution in [0.2, 0.25) is 0 Å². The highest BCUT2D eigenvalue weighted by Crippen LogP contribution is 2.34. The summed E-state index contributed by atoms with van der Waals surface area (Å²) in [4.78, 5) is 17.8. The van der Waals surface area contributed by atoms with Crippen molar-refractivity contribution in [2.45, 2.75) is 25.4 Å². The maximum atomic E-state index is 13.9. The molecule has 0 fully saturated rings. The topological polar surface area (TPSA) is 73.9 Å². The molecule has 3 heterocycles. The summed E-state index contributed by atoms with van der Waals surface area (Å²) in [6.45, 7) is 0. The van der Waals surface area contributed by atoms with Gasteiger partial charge < -0.3 is 9.15 Å². The second-order valence-electron chi connectivity index (χ2n) is 6.94. The maximum absolute atomic E-state index is 13.9. The molecule has 0 N–H and O–H groups in total. The van der Waals surface area contributed by atoms with Crippen LogP contribution in [0.25, 0.3) is 28.2 Å². The molecule has 0 saturated carbocycles. The number of allylic oxidation sites excluding steroid dienone is 1. The van der Waals surface area contributed by atoms with Gasteiger partial charge in [-0.05, 0) is 36.6 Å². The second kappa shape index (κ2) is 7.62. The number of hydrogen-bond donors (Lipinski definition) is 0. The molecule has 0 saturated heterocycles. The first kappa shape index (κ1) is 18.4. The highest BCUT2D eigenvalue weighted by molar-refractivity contribution is 5.82. The van der Waals surface area contributed by atoms with Gasteiger partial charge in [-0.2, -0.15) is 0 Å². The second-order valence-corrected chi connectivity index (χ2v) is 6.94. The van der Waals surface area contributed by atoms with E-state index in [4.69, 9.17) is 14.1 Å². The van der Waals surface area contributed by atoms with E-state index in [1.807, 2.05) is 6.08 Å². The third-order valence-electron chi connectivity index (χ3n) is 4.96. The Hall–Kier alpha value is -3.68. The number of halogens is 2. The maximum Gasteiger partial charge on any atom is 0.247 e. The van der Waals surface area contributed by atoms with Gasteiger partial charge in [0, 0.05) is 18.7 Å². The highest BCUT2D eigenvalue weighted by atomic mass is 19.1. The van der Waals surface area contributed by atoms with Gasteiger partial charge >= 0.3 is 0 Å². The van der Waals surface area contributed by atoms with E-state index in [1.165, 1.54) is 18.4 Å². The highest BCUT2D eigenvalue weighted by Gasteiger charge is 2.23. The summed E-state index contributed by atoms with van der Waals surface area (Å²) in [5, 5.41) is 0. The van der Waals surface area contributed by atoms with Crippen LogP contribution in [-0.2, 0) is 0 Å². The van der Waals surface area contributed by atoms with Gasteiger partial charge in [-0.3, -0.25) is 4.98 Å². The first-order chi connectivity index (χ1) is 14.7. The van der Waals surface area contributed by atoms with Crippen LogP contribution in [0.3, 0.4) is 0 Å². The normalized spacial score (nSPS) is 16.5. The molecule has 5 rings (SSSR count). The molecule has 1 unspecified atom stereocenters. The lowest BCUT2D eigenvalue weighted by Crippen LogP contribution is -2.20. The van der Waals surface area contributed by atoms with Crippen LogP contribution in [0.5, 0.6) is 5.75 Å². The number of nitrogens with zero attached hydrogens (tertiary/aromatic N) is 4. The summed E-state index contributed by atoms with van der Waals surface area (Å²) in [6, 6.07) is 5.12. The van der Waals surface area contributed by atoms with Crippen molar-refractivity contribution < 1.29 is 17.9 Å². The molecule has 0 aliphatic heterocycles. The first-order valence-corrected chi connectivity index (χ1v) is 9.50. The predicted molar refractivity (Wildman–Crippen MR) is 105 cm³/mol. The lowest BCUT2D eigenvalue weighted by Gasteiger charge is -2.23. The van der Waals surface area contributed by atoms with Gasteiger partial charge in [0.2, 0.25) is 5.89 Å². The van der Waals surface area contributed by atoms with E-state index in [-0.39, 0.29) is 11.9 Å². The van der Waals surface area contributed by atoms with Crippen molar-refractivity contribution in [2.75, 3.05) is 0 Å². The van der Waals surface area contributed by atoms with E-state index in [9.17, 15) is 8.78 Å². The van der Waals surface area contributed by atoms with E-state index in [0.29, 0.717) is 42.1 Å². The van der Waals surface area contributed by atoms with Gasteiger partial charge in [0.25, 0.3) is 0 Å². The molecule has 0 amide bonds. The number of rotatable bonds is 4. The van der Waals surface area contributed by atoms with Crippen molar-refractivity contribution in [2.24, 2.45) is 0 Å². The minimum atomic E-state index is -0.704. The van der Waals surface area contributed by atoms with Crippen molar-refractivity contribution >= 4 is 16.6 Å². The molecule has 0 spiro atoms. The largest absolute Gasteiger partial charge is 0.487 e. The van der Waals surface area contributed by atoms with Crippen LogP contribution < -0.4 is 4.74 Å². The lowest BCUT2D eigenvalue weighted by molar-refractivity contribution is 0.183. The summed E-state index contributed by atoms with van der Waals surface area (Å²) in [7, 11) is 0. The minimum Gasteiger partial charge on any atom is -0.487 e. The van der Waals surface area contributed by atoms with Gasteiger partial charge in [-0.25, -0.2) is 23.7 Å². The zero-order valence-electron chi connectivity index (χ0n) is 15.8. The van der Waals surface area contributed by atoms with Crippen molar-refractivity contribution in [1.82, 2.24) is 19.9 Å². The third kappa shape index (κ3) is 3.52. The molecule has 1 aliphatic carbocycles. The van der Waals surface area contributed by atoms with Crippen molar-refractivity contribution in [3.63, 3.8) is 0 Å². The number of benzene rings is 1. The van der Waals surface area contributed by atoms with Crippen LogP contribution in [0, 0.1) is 11.6 Å². The molecule has 0 radical (unpaired) electrons. The van der Waals surface area contributed by atoms with Crippen molar-refractivity contribution in [1.29, 1.82) is 0 Å². The van der Waals surface area contributed by atoms with E-state index in [1.54, 1.807) is 24.7 Å². The number of pyridine rings is 1. The first-order valence-electron chi connectivity index (χ1n) is 9.50. The van der Waals surface area contributed by atoms with Crippen LogP contribution in [0.1, 0.15) is 25.0 Å². The van der Waals surface area contributed by atoms with Gasteiger partial charge in [0.1, 0.15) is 23.7 Å². The van der Waals surface area contributed by atoms with Crippen LogP contribution in [0.15, 0.2) is 59.6 Å². The summed E-state index contributed by atoms with van der Waals surface area (Å²) in [6.07, 6.45) is 10.0. The van der Waals surface area contributed by atoms with Gasteiger partial charge in [0.15, 0.2) is 17.3 Å². The quantitative estimate of drug-likeness (QED) is 0.476. The molecule has 1 atom stereocenters. The average Bonchev–Trinajstić information content (AvgIpc) is 3.30. The summed E-state index contributed by atoms with van der Waals surface area (Å²) < 4.78 is 38.2. The van der Waals surface area contributed by atoms with E-state index in [0.717, 1.165) is 17.2 Å². The Balaban J connectivity index is 1.45. The minimum absolute atomic E-state index is 0.0525. The predicted octanol–water partition coefficient (Wildman–Crippen LogP) is 4.97. The fourth-order valence-corrected chi connectivity index (χ4v) is 3.50. The zero-order chi connectivity index (χ0) is 20.5.